The van der Waals surface area contributed by atoms with Gasteiger partial charge in [0.05, 0.1) is 36.0 Å². The number of aliphatic hydroxyl groups excluding tert-OH is 1. The van der Waals surface area contributed by atoms with Gasteiger partial charge in [-0.1, -0.05) is 68.4 Å². The van der Waals surface area contributed by atoms with Crippen molar-refractivity contribution in [3.05, 3.63) is 102 Å². The smallest absolute Gasteiger partial charge is 0.319 e. The van der Waals surface area contributed by atoms with Gasteiger partial charge in [0, 0.05) is 93.6 Å². The second-order valence-corrected chi connectivity index (χ2v) is 24.5. The van der Waals surface area contributed by atoms with Crippen molar-refractivity contribution >= 4 is 44.9 Å². The quantitative estimate of drug-likeness (QED) is 0.0445. The molecule has 5 aliphatic rings. The molecule has 12 rings (SSSR count). The summed E-state index contributed by atoms with van der Waals surface area (Å²) < 4.78 is 31.7. The van der Waals surface area contributed by atoms with Crippen LogP contribution in [0.2, 0.25) is 0 Å². The number of hydrogen-bond donors (Lipinski definition) is 6. The number of aliphatic hydroxyl groups is 1. The summed E-state index contributed by atoms with van der Waals surface area (Å²) in [5.74, 6) is 0.348. The Morgan fingerprint density at radius 3 is 2.60 bits per heavy atom. The molecular weight excluding hydrogens is 1040 g/mol. The fourth-order valence-electron chi connectivity index (χ4n) is 14.1. The molecule has 8 atom stereocenters. The predicted octanol–water partition coefficient (Wildman–Crippen LogP) is 8.37. The third kappa shape index (κ3) is 10.9. The number of fused-ring (bicyclic) bond motifs is 4. The van der Waals surface area contributed by atoms with E-state index in [1.165, 1.54) is 0 Å². The minimum absolute atomic E-state index is 0.0155. The Morgan fingerprint density at radius 1 is 1.02 bits per heavy atom. The molecule has 3 aromatic carbocycles. The van der Waals surface area contributed by atoms with Gasteiger partial charge < -0.3 is 45.2 Å². The summed E-state index contributed by atoms with van der Waals surface area (Å²) in [5.41, 5.74) is 3.09. The number of aromatic hydroxyl groups is 1. The SMILES string of the molecule is CCc1cccc2cc(O)cc(-c3ncc4c(N5CC6CCC(C5)N6)nc(OCCC5CC(CC6CCCCN6c6cnoc6C(C)(C)CC(=O)[C@@]6(C(=O)N[C@@H](C)c7ccc(-c8ccnn8C)cc7)CC(O)CN6)CCN5)nc4c3F)c12. The average molecular weight is 1120 g/mol. The van der Waals surface area contributed by atoms with E-state index in [0.29, 0.717) is 53.6 Å². The first-order valence-electron chi connectivity index (χ1n) is 29.7. The van der Waals surface area contributed by atoms with Gasteiger partial charge in [-0.25, -0.2) is 4.39 Å². The third-order valence-corrected chi connectivity index (χ3v) is 18.4. The summed E-state index contributed by atoms with van der Waals surface area (Å²) in [6, 6.07) is 19.8. The van der Waals surface area contributed by atoms with Gasteiger partial charge >= 0.3 is 6.01 Å². The van der Waals surface area contributed by atoms with Crippen molar-refractivity contribution in [1.82, 2.24) is 51.2 Å². The molecule has 18 nitrogen and oxygen atoms in total. The zero-order valence-electron chi connectivity index (χ0n) is 47.8. The van der Waals surface area contributed by atoms with Gasteiger partial charge in [-0.15, -0.1) is 0 Å². The highest BCUT2D eigenvalue weighted by Gasteiger charge is 2.53. The molecule has 5 saturated heterocycles. The molecule has 0 saturated carbocycles. The van der Waals surface area contributed by atoms with E-state index in [-0.39, 0.29) is 60.2 Å². The number of hydrogen-bond acceptors (Lipinski definition) is 16. The van der Waals surface area contributed by atoms with Crippen LogP contribution in [0.25, 0.3) is 44.2 Å². The van der Waals surface area contributed by atoms with Crippen molar-refractivity contribution in [1.29, 1.82) is 0 Å². The van der Waals surface area contributed by atoms with E-state index in [4.69, 9.17) is 24.2 Å². The zero-order chi connectivity index (χ0) is 56.9. The number of aromatic nitrogens is 6. The molecule has 432 valence electrons. The number of β-amino-alcohol motifs (C(OH)–C–C–N with tert-alkyl or cyclic N) is 1. The maximum Gasteiger partial charge on any atom is 0.319 e. The van der Waals surface area contributed by atoms with Crippen LogP contribution in [0, 0.1) is 11.7 Å². The fourth-order valence-corrected chi connectivity index (χ4v) is 14.1. The Bertz CT molecular complexity index is 3470. The number of amides is 1. The zero-order valence-corrected chi connectivity index (χ0v) is 47.8. The summed E-state index contributed by atoms with van der Waals surface area (Å²) in [4.78, 5) is 48.3. The second-order valence-electron chi connectivity index (χ2n) is 24.5. The van der Waals surface area contributed by atoms with Gasteiger partial charge in [0.25, 0.3) is 0 Å². The number of ether oxygens (including phenoxy) is 1. The summed E-state index contributed by atoms with van der Waals surface area (Å²) in [5, 5.41) is 46.2. The van der Waals surface area contributed by atoms with E-state index >= 15 is 4.39 Å². The number of ketones is 1. The number of anilines is 2. The number of aryl methyl sites for hydroxylation is 2. The molecule has 0 spiro atoms. The first-order valence-corrected chi connectivity index (χ1v) is 29.7. The summed E-state index contributed by atoms with van der Waals surface area (Å²) in [6.07, 6.45) is 14.0. The van der Waals surface area contributed by atoms with Crippen molar-refractivity contribution in [2.75, 3.05) is 49.1 Å². The second kappa shape index (κ2) is 22.9. The van der Waals surface area contributed by atoms with Gasteiger partial charge in [-0.3, -0.25) is 24.6 Å². The van der Waals surface area contributed by atoms with Crippen LogP contribution in [-0.2, 0) is 28.5 Å². The molecule has 7 aromatic rings. The molecule has 2 bridgehead atoms. The number of Topliss-reactive ketones (excluding diaryl/α,β-unsaturated/α-hetero) is 1. The number of piperidine rings is 2. The largest absolute Gasteiger partial charge is 0.508 e. The molecule has 5 aliphatic heterocycles. The molecule has 19 heteroatoms. The Balaban J connectivity index is 0.717. The molecule has 5 fully saturated rings. The van der Waals surface area contributed by atoms with Gasteiger partial charge in [0.2, 0.25) is 5.91 Å². The average Bonchev–Trinajstić information content (AvgIpc) is 4.37. The summed E-state index contributed by atoms with van der Waals surface area (Å²) in [6.45, 7) is 11.5. The van der Waals surface area contributed by atoms with Crippen LogP contribution in [0.4, 0.5) is 15.9 Å². The molecule has 0 radical (unpaired) electrons. The number of rotatable bonds is 18. The lowest BCUT2D eigenvalue weighted by atomic mass is 9.77. The monoisotopic (exact) mass is 1120 g/mol. The Hall–Kier alpha value is -7.06. The van der Waals surface area contributed by atoms with Gasteiger partial charge in [0.15, 0.2) is 22.9 Å². The Labute approximate surface area is 478 Å². The number of carbonyl (C=O) groups is 2. The maximum absolute atomic E-state index is 17.3. The normalized spacial score (nSPS) is 24.3. The van der Waals surface area contributed by atoms with Crippen molar-refractivity contribution in [3.8, 4) is 34.3 Å². The molecule has 0 aliphatic carbocycles. The molecule has 9 heterocycles. The fraction of sp³-hybridized carbons (Fsp3) is 0.508. The highest BCUT2D eigenvalue weighted by atomic mass is 19.1. The highest BCUT2D eigenvalue weighted by Crippen LogP contribution is 2.43. The lowest BCUT2D eigenvalue weighted by Crippen LogP contribution is -2.60. The van der Waals surface area contributed by atoms with Gasteiger partial charge in [0.1, 0.15) is 28.5 Å². The molecule has 6 N–H and O–H groups in total. The number of pyridine rings is 1. The number of piperazine rings is 1. The topological polar surface area (TPSA) is 221 Å². The molecule has 82 heavy (non-hydrogen) atoms. The maximum atomic E-state index is 17.3. The van der Waals surface area contributed by atoms with Crippen LogP contribution < -0.4 is 35.8 Å². The standard InChI is InChI=1S/C63H77FN12O6/c1-6-39-10-9-11-42-28-47(77)29-49(54(39)42)56-55(64)57-50(33-66-56)59(75-35-44-17-18-45(36-75)71-44)73-61(72-57)81-25-21-43-26-38(19-22-65-43)27-46-12-7-8-24-76(46)52-34-69-82-58(52)62(3,4)31-53(79)63(30-48(78)32-67-63)60(80)70-37(2)40-13-15-41(16-14-40)51-20-23-68-74(51)5/h9-11,13-16,20,23,28-29,33-34,37-38,43-46,48,65,67,71,77-78H,6-8,12,17-19,21-22,24-27,30-32,35-36H2,1-5H3,(H,70,80)/t37-,38?,43?,44?,45?,46?,48?,63+/m0/s1. The Morgan fingerprint density at radius 2 is 1.84 bits per heavy atom. The van der Waals surface area contributed by atoms with Crippen molar-refractivity contribution in [2.45, 2.75) is 152 Å². The van der Waals surface area contributed by atoms with Crippen molar-refractivity contribution < 1.29 is 33.5 Å². The minimum Gasteiger partial charge on any atom is -0.508 e. The van der Waals surface area contributed by atoms with E-state index in [1.807, 2.05) is 81.0 Å². The lowest BCUT2D eigenvalue weighted by Gasteiger charge is -2.41. The van der Waals surface area contributed by atoms with E-state index < -0.39 is 34.8 Å². The van der Waals surface area contributed by atoms with Crippen LogP contribution in [0.3, 0.4) is 0 Å². The van der Waals surface area contributed by atoms with Crippen LogP contribution in [0.5, 0.6) is 11.8 Å². The number of nitrogens with zero attached hydrogens (tertiary/aromatic N) is 8. The van der Waals surface area contributed by atoms with Gasteiger partial charge in [-0.2, -0.15) is 15.1 Å². The van der Waals surface area contributed by atoms with E-state index in [1.54, 1.807) is 30.7 Å². The minimum atomic E-state index is -1.62. The van der Waals surface area contributed by atoms with E-state index in [0.717, 1.165) is 123 Å². The predicted molar refractivity (Wildman–Crippen MR) is 313 cm³/mol. The molecular formula is C63H77FN12O6. The number of benzene rings is 3. The summed E-state index contributed by atoms with van der Waals surface area (Å²) in [7, 11) is 1.89. The first-order chi connectivity index (χ1) is 39.6. The number of phenolic OH excluding ortho intramolecular Hbond substituents is 1. The van der Waals surface area contributed by atoms with Crippen LogP contribution in [0.1, 0.15) is 121 Å². The Kier molecular flexibility index (Phi) is 15.5. The number of halogens is 1. The first kappa shape index (κ1) is 55.5. The van der Waals surface area contributed by atoms with Crippen molar-refractivity contribution in [3.63, 3.8) is 0 Å². The van der Waals surface area contributed by atoms with Crippen LogP contribution in [0.15, 0.2) is 83.8 Å². The number of nitrogens with one attached hydrogen (secondary N) is 4. The van der Waals surface area contributed by atoms with E-state index in [2.05, 4.69) is 48.2 Å². The summed E-state index contributed by atoms with van der Waals surface area (Å²) >= 11 is 0. The van der Waals surface area contributed by atoms with Crippen molar-refractivity contribution in [2.24, 2.45) is 13.0 Å². The van der Waals surface area contributed by atoms with Gasteiger partial charge in [-0.05, 0) is 129 Å². The lowest BCUT2D eigenvalue weighted by molar-refractivity contribution is -0.138. The highest BCUT2D eigenvalue weighted by molar-refractivity contribution is 6.11. The van der Waals surface area contributed by atoms with Crippen LogP contribution >= 0.6 is 0 Å². The number of carbonyl (C=O) groups excluding carboxylic acids is 2. The third-order valence-electron chi connectivity index (χ3n) is 18.4. The molecule has 4 aromatic heterocycles. The van der Waals surface area contributed by atoms with E-state index in [9.17, 15) is 19.8 Å². The molecule has 6 unspecified atom stereocenters. The number of phenols is 1. The van der Waals surface area contributed by atoms with Crippen LogP contribution in [-0.4, -0.2) is 127 Å². The molecule has 1 amide bonds.